The predicted octanol–water partition coefficient (Wildman–Crippen LogP) is 2.98. The van der Waals surface area contributed by atoms with E-state index in [0.717, 1.165) is 31.6 Å². The quantitative estimate of drug-likeness (QED) is 0.636. The van der Waals surface area contributed by atoms with Gasteiger partial charge in [0, 0.05) is 0 Å². The summed E-state index contributed by atoms with van der Waals surface area (Å²) in [7, 11) is 0. The monoisotopic (exact) mass is 194 g/mol. The first-order chi connectivity index (χ1) is 6.35. The molecule has 0 aromatic heterocycles. The number of aliphatic hydroxyl groups is 1. The smallest absolute Gasteiger partial charge is 0.125 e. The zero-order chi connectivity index (χ0) is 10.8. The van der Waals surface area contributed by atoms with Crippen LogP contribution in [-0.2, 0) is 0 Å². The molecule has 14 heavy (non-hydrogen) atoms. The van der Waals surface area contributed by atoms with Crippen molar-refractivity contribution in [1.29, 1.82) is 0 Å². The molecule has 0 unspecified atom stereocenters. The average molecular weight is 194 g/mol. The molecule has 1 fully saturated rings. The van der Waals surface area contributed by atoms with Gasteiger partial charge >= 0.3 is 0 Å². The van der Waals surface area contributed by atoms with Crippen molar-refractivity contribution in [1.82, 2.24) is 0 Å². The second kappa shape index (κ2) is 3.95. The van der Waals surface area contributed by atoms with Crippen molar-refractivity contribution in [3.05, 3.63) is 0 Å². The maximum absolute atomic E-state index is 9.86. The molecule has 0 bridgehead atoms. The topological polar surface area (TPSA) is 20.2 Å². The highest BCUT2D eigenvalue weighted by molar-refractivity contribution is 5.08. The van der Waals surface area contributed by atoms with Crippen molar-refractivity contribution in [3.63, 3.8) is 0 Å². The van der Waals surface area contributed by atoms with E-state index in [2.05, 4.69) is 26.7 Å². The Labute approximate surface area is 87.9 Å². The van der Waals surface area contributed by atoms with Crippen molar-refractivity contribution in [2.24, 2.45) is 11.3 Å². The van der Waals surface area contributed by atoms with Gasteiger partial charge in [-0.25, -0.2) is 0 Å². The van der Waals surface area contributed by atoms with Crippen LogP contribution in [0.25, 0.3) is 0 Å². The molecule has 0 radical (unpaired) electrons. The molecule has 80 valence electrons. The van der Waals surface area contributed by atoms with Gasteiger partial charge in [0.2, 0.25) is 0 Å². The van der Waals surface area contributed by atoms with E-state index in [9.17, 15) is 5.11 Å². The van der Waals surface area contributed by atoms with Gasteiger partial charge in [-0.1, -0.05) is 26.7 Å². The molecular weight excluding hydrogens is 172 g/mol. The van der Waals surface area contributed by atoms with Crippen LogP contribution in [0.1, 0.15) is 52.9 Å². The Morgan fingerprint density at radius 3 is 2.21 bits per heavy atom. The first-order valence-corrected chi connectivity index (χ1v) is 5.55. The summed E-state index contributed by atoms with van der Waals surface area (Å²) < 4.78 is 0. The lowest BCUT2D eigenvalue weighted by molar-refractivity contribution is 0.0369. The van der Waals surface area contributed by atoms with Gasteiger partial charge in [-0.05, 0) is 43.4 Å². The van der Waals surface area contributed by atoms with Crippen LogP contribution in [0.4, 0.5) is 0 Å². The molecule has 0 saturated heterocycles. The first-order valence-electron chi connectivity index (χ1n) is 5.55. The predicted molar refractivity (Wildman–Crippen MR) is 59.8 cm³/mol. The summed E-state index contributed by atoms with van der Waals surface area (Å²) in [5.41, 5.74) is -0.398. The maximum atomic E-state index is 9.86. The van der Waals surface area contributed by atoms with Gasteiger partial charge < -0.3 is 5.11 Å². The Bertz CT molecular complexity index is 221. The lowest BCUT2D eigenvalue weighted by Crippen LogP contribution is -2.33. The van der Waals surface area contributed by atoms with Crippen molar-refractivity contribution >= 4 is 0 Å². The van der Waals surface area contributed by atoms with Crippen molar-refractivity contribution < 1.29 is 5.11 Å². The lowest BCUT2D eigenvalue weighted by atomic mass is 9.73. The lowest BCUT2D eigenvalue weighted by Gasteiger charge is -2.35. The summed E-state index contributed by atoms with van der Waals surface area (Å²) >= 11 is 0. The zero-order valence-corrected chi connectivity index (χ0v) is 9.64. The van der Waals surface area contributed by atoms with E-state index in [1.807, 2.05) is 0 Å². The third-order valence-electron chi connectivity index (χ3n) is 3.10. The Kier molecular flexibility index (Phi) is 3.27. The van der Waals surface area contributed by atoms with Crippen molar-refractivity contribution in [3.8, 4) is 12.3 Å². The summed E-state index contributed by atoms with van der Waals surface area (Å²) in [5.74, 6) is 3.27. The van der Waals surface area contributed by atoms with Gasteiger partial charge in [-0.15, -0.1) is 6.42 Å². The minimum absolute atomic E-state index is 0.399. The highest BCUT2D eigenvalue weighted by atomic mass is 16.3. The van der Waals surface area contributed by atoms with Crippen molar-refractivity contribution in [2.75, 3.05) is 0 Å². The fourth-order valence-corrected chi connectivity index (χ4v) is 2.37. The molecule has 0 spiro atoms. The van der Waals surface area contributed by atoms with Crippen LogP contribution in [0.5, 0.6) is 0 Å². The van der Waals surface area contributed by atoms with Gasteiger partial charge in [0.1, 0.15) is 5.60 Å². The fourth-order valence-electron chi connectivity index (χ4n) is 2.37. The number of rotatable bonds is 1. The zero-order valence-electron chi connectivity index (χ0n) is 9.64. The third-order valence-corrected chi connectivity index (χ3v) is 3.10. The van der Waals surface area contributed by atoms with E-state index in [4.69, 9.17) is 6.42 Å². The second-order valence-electron chi connectivity index (χ2n) is 5.88. The average Bonchev–Trinajstić information content (AvgIpc) is 2.07. The van der Waals surface area contributed by atoms with Crippen LogP contribution in [0, 0.1) is 23.7 Å². The molecule has 1 aliphatic carbocycles. The molecule has 1 rings (SSSR count). The van der Waals surface area contributed by atoms with Crippen LogP contribution < -0.4 is 0 Å². The van der Waals surface area contributed by atoms with Gasteiger partial charge in [-0.3, -0.25) is 0 Å². The van der Waals surface area contributed by atoms with E-state index in [0.29, 0.717) is 5.41 Å². The molecule has 0 atom stereocenters. The maximum Gasteiger partial charge on any atom is 0.125 e. The molecule has 1 heteroatoms. The Hall–Kier alpha value is -0.480. The number of terminal acetylenes is 1. The van der Waals surface area contributed by atoms with E-state index < -0.39 is 5.60 Å². The van der Waals surface area contributed by atoms with Gasteiger partial charge in [0.05, 0.1) is 0 Å². The SMILES string of the molecule is C#CC1(O)CCC(CC(C)(C)C)CC1. The normalized spacial score (nSPS) is 33.8. The second-order valence-corrected chi connectivity index (χ2v) is 5.88. The Morgan fingerprint density at radius 2 is 1.86 bits per heavy atom. The molecule has 0 heterocycles. The van der Waals surface area contributed by atoms with E-state index in [1.54, 1.807) is 0 Å². The van der Waals surface area contributed by atoms with E-state index in [-0.39, 0.29) is 0 Å². The van der Waals surface area contributed by atoms with Crippen LogP contribution >= 0.6 is 0 Å². The molecule has 1 N–H and O–H groups in total. The van der Waals surface area contributed by atoms with Crippen LogP contribution in [-0.4, -0.2) is 10.7 Å². The van der Waals surface area contributed by atoms with Crippen molar-refractivity contribution in [2.45, 2.75) is 58.5 Å². The first kappa shape index (κ1) is 11.6. The summed E-state index contributed by atoms with van der Waals surface area (Å²) in [6.07, 6.45) is 10.3. The van der Waals surface area contributed by atoms with Crippen LogP contribution in [0.3, 0.4) is 0 Å². The largest absolute Gasteiger partial charge is 0.378 e. The number of hydrogen-bond donors (Lipinski definition) is 1. The van der Waals surface area contributed by atoms with Crippen LogP contribution in [0.2, 0.25) is 0 Å². The minimum atomic E-state index is -0.797. The van der Waals surface area contributed by atoms with Gasteiger partial charge in [-0.2, -0.15) is 0 Å². The van der Waals surface area contributed by atoms with Crippen LogP contribution in [0.15, 0.2) is 0 Å². The minimum Gasteiger partial charge on any atom is -0.378 e. The molecule has 1 nitrogen and oxygen atoms in total. The molecular formula is C13H22O. The molecule has 0 aromatic carbocycles. The fraction of sp³-hybridized carbons (Fsp3) is 0.846. The summed E-state index contributed by atoms with van der Waals surface area (Å²) in [5, 5.41) is 9.86. The molecule has 0 aliphatic heterocycles. The van der Waals surface area contributed by atoms with E-state index >= 15 is 0 Å². The Morgan fingerprint density at radius 1 is 1.36 bits per heavy atom. The highest BCUT2D eigenvalue weighted by Crippen LogP contribution is 2.37. The standard InChI is InChI=1S/C13H22O/c1-5-13(14)8-6-11(7-9-13)10-12(2,3)4/h1,11,14H,6-10H2,2-4H3. The third kappa shape index (κ3) is 3.35. The highest BCUT2D eigenvalue weighted by Gasteiger charge is 2.32. The van der Waals surface area contributed by atoms with Gasteiger partial charge in [0.25, 0.3) is 0 Å². The number of hydrogen-bond acceptors (Lipinski definition) is 1. The van der Waals surface area contributed by atoms with E-state index in [1.165, 1.54) is 6.42 Å². The Balaban J connectivity index is 2.41. The summed E-state index contributed by atoms with van der Waals surface area (Å²) in [6.45, 7) is 6.82. The summed E-state index contributed by atoms with van der Waals surface area (Å²) in [4.78, 5) is 0. The molecule has 0 amide bonds. The summed E-state index contributed by atoms with van der Waals surface area (Å²) in [6, 6.07) is 0. The molecule has 1 aliphatic rings. The van der Waals surface area contributed by atoms with Gasteiger partial charge in [0.15, 0.2) is 0 Å². The molecule has 1 saturated carbocycles. The molecule has 0 aromatic rings.